The van der Waals surface area contributed by atoms with Gasteiger partial charge in [-0.15, -0.1) is 11.3 Å². The number of thiophene rings is 1. The Bertz CT molecular complexity index is 3540. The summed E-state index contributed by atoms with van der Waals surface area (Å²) >= 11 is 1.80. The summed E-state index contributed by atoms with van der Waals surface area (Å²) in [6, 6.07) is 76.8. The van der Waals surface area contributed by atoms with Gasteiger partial charge >= 0.3 is 0 Å². The Morgan fingerprint density at radius 2 is 0.774 bits per heavy atom. The Hall–Kier alpha value is -7.79. The highest BCUT2D eigenvalue weighted by Gasteiger charge is 2.51. The molecule has 1 spiro atoms. The first kappa shape index (κ1) is 35.0. The molecule has 11 aromatic rings. The first-order valence-electron chi connectivity index (χ1n) is 21.1. The van der Waals surface area contributed by atoms with Gasteiger partial charge in [0.25, 0.3) is 0 Å². The molecule has 0 unspecified atom stereocenters. The van der Waals surface area contributed by atoms with Crippen molar-refractivity contribution in [3.05, 3.63) is 235 Å². The van der Waals surface area contributed by atoms with Crippen molar-refractivity contribution in [3.8, 4) is 78.7 Å². The summed E-state index contributed by atoms with van der Waals surface area (Å²) < 4.78 is 2.46. The minimum Gasteiger partial charge on any atom is -0.208 e. The fraction of sp³-hybridized carbons (Fsp3) is 0.0172. The van der Waals surface area contributed by atoms with Gasteiger partial charge in [0, 0.05) is 36.9 Å². The topological polar surface area (TPSA) is 38.7 Å². The lowest BCUT2D eigenvalue weighted by Gasteiger charge is -2.30. The number of aromatic nitrogens is 3. The van der Waals surface area contributed by atoms with Crippen LogP contribution in [0.2, 0.25) is 0 Å². The van der Waals surface area contributed by atoms with E-state index in [9.17, 15) is 0 Å². The van der Waals surface area contributed by atoms with Gasteiger partial charge in [0.2, 0.25) is 0 Å². The molecule has 0 amide bonds. The first-order valence-corrected chi connectivity index (χ1v) is 21.9. The summed E-state index contributed by atoms with van der Waals surface area (Å²) in [5.74, 6) is 1.95. The van der Waals surface area contributed by atoms with Gasteiger partial charge in [0.1, 0.15) is 0 Å². The largest absolute Gasteiger partial charge is 0.208 e. The highest BCUT2D eigenvalue weighted by molar-refractivity contribution is 7.25. The molecule has 9 aromatic carbocycles. The van der Waals surface area contributed by atoms with Gasteiger partial charge < -0.3 is 0 Å². The molecule has 4 heteroatoms. The summed E-state index contributed by atoms with van der Waals surface area (Å²) in [6.07, 6.45) is 0. The monoisotopic (exact) mass is 805 g/mol. The fourth-order valence-electron chi connectivity index (χ4n) is 10.4. The van der Waals surface area contributed by atoms with Gasteiger partial charge in [-0.2, -0.15) is 0 Å². The van der Waals surface area contributed by atoms with Gasteiger partial charge in [-0.05, 0) is 91.0 Å². The number of hydrogen-bond acceptors (Lipinski definition) is 4. The number of fused-ring (bicyclic) bond motifs is 13. The summed E-state index contributed by atoms with van der Waals surface area (Å²) in [6.45, 7) is 0. The molecule has 0 saturated heterocycles. The second-order valence-corrected chi connectivity index (χ2v) is 17.3. The molecule has 0 aliphatic heterocycles. The SMILES string of the molecule is c1ccc(-c2nc(-c3ccccc3-c3cccc(-c4ccc5c(c4)C4(c6ccccc6-c6ccccc64)c4ccccc4-5)c3)nc(-c3cccc4sc5ccccc5c34)n2)cc1. The van der Waals surface area contributed by atoms with E-state index >= 15 is 0 Å². The fourth-order valence-corrected chi connectivity index (χ4v) is 11.5. The molecule has 62 heavy (non-hydrogen) atoms. The highest BCUT2D eigenvalue weighted by Crippen LogP contribution is 2.63. The Kier molecular flexibility index (Phi) is 7.69. The van der Waals surface area contributed by atoms with Crippen molar-refractivity contribution in [2.45, 2.75) is 5.41 Å². The smallest absolute Gasteiger partial charge is 0.164 e. The Morgan fingerprint density at radius 3 is 1.50 bits per heavy atom. The van der Waals surface area contributed by atoms with Crippen LogP contribution >= 0.6 is 11.3 Å². The van der Waals surface area contributed by atoms with Crippen molar-refractivity contribution in [1.29, 1.82) is 0 Å². The molecule has 3 nitrogen and oxygen atoms in total. The van der Waals surface area contributed by atoms with Crippen LogP contribution in [0.5, 0.6) is 0 Å². The molecule has 0 N–H and O–H groups in total. The van der Waals surface area contributed by atoms with Crippen LogP contribution in [0.25, 0.3) is 98.8 Å². The van der Waals surface area contributed by atoms with Gasteiger partial charge in [-0.25, -0.2) is 15.0 Å². The number of rotatable bonds is 5. The zero-order valence-electron chi connectivity index (χ0n) is 33.5. The molecule has 0 atom stereocenters. The van der Waals surface area contributed by atoms with E-state index in [0.29, 0.717) is 17.5 Å². The molecule has 0 radical (unpaired) electrons. The standard InChI is InChI=1S/C58H35N3S/c1-2-16-36(17-3-1)55-59-56(61-57(60-55)47-26-15-31-53-54(47)46-25-9-13-30-52(46)62-53)45-24-5-4-20-40(45)39-19-14-18-37(34-39)38-32-33-44-43-23-8-12-29-50(43)58(51(44)35-38)48-27-10-6-21-41(48)42-22-7-11-28-49(42)58/h1-35H. The molecule has 2 aliphatic carbocycles. The third-order valence-corrected chi connectivity index (χ3v) is 14.1. The Labute approximate surface area is 363 Å². The quantitative estimate of drug-likeness (QED) is 0.174. The molecule has 0 saturated carbocycles. The average Bonchev–Trinajstić information content (AvgIpc) is 3.98. The van der Waals surface area contributed by atoms with Crippen LogP contribution in [-0.4, -0.2) is 15.0 Å². The molecule has 288 valence electrons. The van der Waals surface area contributed by atoms with Crippen molar-refractivity contribution in [3.63, 3.8) is 0 Å². The molecule has 2 heterocycles. The predicted molar refractivity (Wildman–Crippen MR) is 256 cm³/mol. The van der Waals surface area contributed by atoms with Gasteiger partial charge in [0.05, 0.1) is 5.41 Å². The van der Waals surface area contributed by atoms with Gasteiger partial charge in [-0.3, -0.25) is 0 Å². The maximum atomic E-state index is 5.32. The lowest BCUT2D eigenvalue weighted by atomic mass is 9.70. The van der Waals surface area contributed by atoms with Crippen molar-refractivity contribution in [1.82, 2.24) is 15.0 Å². The van der Waals surface area contributed by atoms with Crippen LogP contribution in [-0.2, 0) is 5.41 Å². The van der Waals surface area contributed by atoms with Gasteiger partial charge in [-0.1, -0.05) is 188 Å². The van der Waals surface area contributed by atoms with E-state index in [0.717, 1.165) is 33.4 Å². The molecule has 2 aliphatic rings. The minimum atomic E-state index is -0.397. The minimum absolute atomic E-state index is 0.397. The van der Waals surface area contributed by atoms with Crippen molar-refractivity contribution in [2.75, 3.05) is 0 Å². The van der Waals surface area contributed by atoms with Crippen molar-refractivity contribution in [2.24, 2.45) is 0 Å². The van der Waals surface area contributed by atoms with Crippen LogP contribution in [0.1, 0.15) is 22.3 Å². The first-order chi connectivity index (χ1) is 30.7. The summed E-state index contributed by atoms with van der Waals surface area (Å²) in [7, 11) is 0. The maximum absolute atomic E-state index is 5.32. The second-order valence-electron chi connectivity index (χ2n) is 16.2. The molecule has 13 rings (SSSR count). The van der Waals surface area contributed by atoms with Gasteiger partial charge in [0.15, 0.2) is 17.5 Å². The summed E-state index contributed by atoms with van der Waals surface area (Å²) in [5, 5.41) is 2.39. The Balaban J connectivity index is 0.971. The lowest BCUT2D eigenvalue weighted by molar-refractivity contribution is 0.794. The zero-order valence-corrected chi connectivity index (χ0v) is 34.3. The lowest BCUT2D eigenvalue weighted by Crippen LogP contribution is -2.25. The zero-order chi connectivity index (χ0) is 40.8. The highest BCUT2D eigenvalue weighted by atomic mass is 32.1. The summed E-state index contributed by atoms with van der Waals surface area (Å²) in [4.78, 5) is 15.7. The van der Waals surface area contributed by atoms with E-state index in [4.69, 9.17) is 15.0 Å². The van der Waals surface area contributed by atoms with Crippen LogP contribution < -0.4 is 0 Å². The van der Waals surface area contributed by atoms with Crippen molar-refractivity contribution < 1.29 is 0 Å². The van der Waals surface area contributed by atoms with E-state index in [2.05, 4.69) is 194 Å². The maximum Gasteiger partial charge on any atom is 0.164 e. The van der Waals surface area contributed by atoms with E-state index in [1.165, 1.54) is 70.2 Å². The average molecular weight is 806 g/mol. The molecular weight excluding hydrogens is 771 g/mol. The van der Waals surface area contributed by atoms with E-state index < -0.39 is 5.41 Å². The van der Waals surface area contributed by atoms with Crippen LogP contribution in [0.15, 0.2) is 212 Å². The second kappa shape index (κ2) is 13.6. The third-order valence-electron chi connectivity index (χ3n) is 13.0. The van der Waals surface area contributed by atoms with Crippen LogP contribution in [0.3, 0.4) is 0 Å². The molecule has 0 fully saturated rings. The third kappa shape index (κ3) is 5.08. The molecular formula is C58H35N3S. The van der Waals surface area contributed by atoms with Crippen molar-refractivity contribution >= 4 is 31.5 Å². The number of hydrogen-bond donors (Lipinski definition) is 0. The van der Waals surface area contributed by atoms with E-state index in [1.54, 1.807) is 11.3 Å². The summed E-state index contributed by atoms with van der Waals surface area (Å²) in [5.41, 5.74) is 17.6. The Morgan fingerprint density at radius 1 is 0.290 bits per heavy atom. The molecule has 0 bridgehead atoms. The predicted octanol–water partition coefficient (Wildman–Crippen LogP) is 14.9. The molecule has 2 aromatic heterocycles. The van der Waals surface area contributed by atoms with Crippen LogP contribution in [0.4, 0.5) is 0 Å². The number of benzene rings is 9. The van der Waals surface area contributed by atoms with E-state index in [-0.39, 0.29) is 0 Å². The van der Waals surface area contributed by atoms with E-state index in [1.807, 2.05) is 18.2 Å². The number of nitrogens with zero attached hydrogens (tertiary/aromatic N) is 3. The van der Waals surface area contributed by atoms with Crippen LogP contribution in [0, 0.1) is 0 Å². The normalized spacial score (nSPS) is 13.0.